The highest BCUT2D eigenvalue weighted by Gasteiger charge is 2.48. The van der Waals surface area contributed by atoms with Crippen LogP contribution in [0.5, 0.6) is 0 Å². The third kappa shape index (κ3) is 8.22. The van der Waals surface area contributed by atoms with E-state index in [1.165, 1.54) is 11.8 Å². The standard InChI is InChI=1S/C23H34N4O7/c1-15(25-18(29)12-24-20(31)34-22(2,3)4)19(30)26-17-8-6-16(7-9-17)13-33-21(32)27(5)23(14-28)10-11-23/h6-9,15,28H,10-14H2,1-5H3,(H,24,31)(H,25,29)(H,26,30). The van der Waals surface area contributed by atoms with E-state index < -0.39 is 41.2 Å². The minimum absolute atomic E-state index is 0.0516. The van der Waals surface area contributed by atoms with Gasteiger partial charge in [0.25, 0.3) is 0 Å². The molecule has 0 aromatic heterocycles. The molecule has 1 aromatic carbocycles. The number of aliphatic hydroxyl groups is 1. The number of nitrogens with zero attached hydrogens (tertiary/aromatic N) is 1. The fourth-order valence-corrected chi connectivity index (χ4v) is 2.94. The third-order valence-corrected chi connectivity index (χ3v) is 5.25. The number of anilines is 1. The number of rotatable bonds is 9. The number of benzene rings is 1. The summed E-state index contributed by atoms with van der Waals surface area (Å²) in [7, 11) is 1.61. The molecule has 2 rings (SSSR count). The lowest BCUT2D eigenvalue weighted by Gasteiger charge is -2.25. The van der Waals surface area contributed by atoms with Crippen molar-refractivity contribution in [2.24, 2.45) is 0 Å². The molecule has 34 heavy (non-hydrogen) atoms. The summed E-state index contributed by atoms with van der Waals surface area (Å²) in [6.07, 6.45) is 0.276. The van der Waals surface area contributed by atoms with Gasteiger partial charge in [0.1, 0.15) is 24.8 Å². The second kappa shape index (κ2) is 11.2. The minimum Gasteiger partial charge on any atom is -0.445 e. The van der Waals surface area contributed by atoms with Crippen LogP contribution in [0.3, 0.4) is 0 Å². The lowest BCUT2D eigenvalue weighted by molar-refractivity contribution is -0.125. The van der Waals surface area contributed by atoms with Crippen molar-refractivity contribution in [1.29, 1.82) is 0 Å². The first-order valence-corrected chi connectivity index (χ1v) is 11.0. The molecule has 188 valence electrons. The van der Waals surface area contributed by atoms with Crippen molar-refractivity contribution >= 4 is 29.7 Å². The predicted molar refractivity (Wildman–Crippen MR) is 124 cm³/mol. The van der Waals surface area contributed by atoms with Crippen LogP contribution in [0.2, 0.25) is 0 Å². The van der Waals surface area contributed by atoms with Gasteiger partial charge in [-0.2, -0.15) is 0 Å². The van der Waals surface area contributed by atoms with Gasteiger partial charge in [-0.3, -0.25) is 9.59 Å². The van der Waals surface area contributed by atoms with Crippen molar-refractivity contribution in [2.75, 3.05) is 25.5 Å². The Morgan fingerprint density at radius 1 is 1.15 bits per heavy atom. The van der Waals surface area contributed by atoms with Crippen LogP contribution in [0, 0.1) is 0 Å². The molecule has 1 aromatic rings. The first kappa shape index (κ1) is 26.9. The molecule has 4 N–H and O–H groups in total. The number of aliphatic hydroxyl groups excluding tert-OH is 1. The highest BCUT2D eigenvalue weighted by molar-refractivity contribution is 5.97. The number of nitrogens with one attached hydrogen (secondary N) is 3. The van der Waals surface area contributed by atoms with Gasteiger partial charge in [-0.1, -0.05) is 12.1 Å². The molecule has 0 bridgehead atoms. The summed E-state index contributed by atoms with van der Waals surface area (Å²) in [5.74, 6) is -0.977. The van der Waals surface area contributed by atoms with Gasteiger partial charge in [0.2, 0.25) is 11.8 Å². The van der Waals surface area contributed by atoms with E-state index in [0.717, 1.165) is 18.4 Å². The van der Waals surface area contributed by atoms with Gasteiger partial charge in [0.05, 0.1) is 12.1 Å². The molecule has 0 radical (unpaired) electrons. The van der Waals surface area contributed by atoms with E-state index in [1.54, 1.807) is 52.1 Å². The summed E-state index contributed by atoms with van der Waals surface area (Å²) in [5, 5.41) is 16.9. The Labute approximate surface area is 199 Å². The highest BCUT2D eigenvalue weighted by atomic mass is 16.6. The zero-order valence-electron chi connectivity index (χ0n) is 20.3. The second-order valence-electron chi connectivity index (χ2n) is 9.33. The number of amides is 4. The smallest absolute Gasteiger partial charge is 0.410 e. The number of likely N-dealkylation sites (N-methyl/N-ethyl adjacent to an activating group) is 1. The quantitative estimate of drug-likeness (QED) is 0.423. The first-order chi connectivity index (χ1) is 15.8. The van der Waals surface area contributed by atoms with Crippen molar-refractivity contribution in [3.8, 4) is 0 Å². The fourth-order valence-electron chi connectivity index (χ4n) is 2.94. The molecule has 11 heteroatoms. The number of hydrogen-bond acceptors (Lipinski definition) is 7. The van der Waals surface area contributed by atoms with Gasteiger partial charge in [-0.05, 0) is 58.2 Å². The normalized spacial score (nSPS) is 14.9. The van der Waals surface area contributed by atoms with E-state index in [0.29, 0.717) is 5.69 Å². The van der Waals surface area contributed by atoms with Crippen molar-refractivity contribution < 1.29 is 33.8 Å². The van der Waals surface area contributed by atoms with Gasteiger partial charge in [-0.15, -0.1) is 0 Å². The molecule has 1 aliphatic carbocycles. The van der Waals surface area contributed by atoms with Crippen molar-refractivity contribution in [3.63, 3.8) is 0 Å². The van der Waals surface area contributed by atoms with Crippen molar-refractivity contribution in [1.82, 2.24) is 15.5 Å². The van der Waals surface area contributed by atoms with Gasteiger partial charge in [-0.25, -0.2) is 9.59 Å². The molecular formula is C23H34N4O7. The number of carbonyl (C=O) groups excluding carboxylic acids is 4. The summed E-state index contributed by atoms with van der Waals surface area (Å²) in [4.78, 5) is 49.5. The van der Waals surface area contributed by atoms with Crippen LogP contribution in [0.1, 0.15) is 46.1 Å². The maximum absolute atomic E-state index is 12.3. The number of carbonyl (C=O) groups is 4. The molecule has 1 saturated carbocycles. The molecule has 1 atom stereocenters. The molecule has 1 fully saturated rings. The van der Waals surface area contributed by atoms with Crippen LogP contribution in [-0.2, 0) is 25.7 Å². The largest absolute Gasteiger partial charge is 0.445 e. The first-order valence-electron chi connectivity index (χ1n) is 11.0. The van der Waals surface area contributed by atoms with Gasteiger partial charge >= 0.3 is 12.2 Å². The topological polar surface area (TPSA) is 146 Å². The summed E-state index contributed by atoms with van der Waals surface area (Å²) in [6.45, 7) is 6.28. The monoisotopic (exact) mass is 478 g/mol. The number of hydrogen-bond donors (Lipinski definition) is 4. The lowest BCUT2D eigenvalue weighted by atomic mass is 10.2. The maximum atomic E-state index is 12.3. The van der Waals surface area contributed by atoms with E-state index in [9.17, 15) is 24.3 Å². The average molecular weight is 479 g/mol. The summed E-state index contributed by atoms with van der Waals surface area (Å²) in [6, 6.07) is 5.87. The molecule has 0 spiro atoms. The maximum Gasteiger partial charge on any atom is 0.410 e. The zero-order chi connectivity index (χ0) is 25.5. The van der Waals surface area contributed by atoms with Crippen molar-refractivity contribution in [2.45, 2.75) is 64.3 Å². The molecule has 1 aliphatic rings. The SMILES string of the molecule is CC(NC(=O)CNC(=O)OC(C)(C)C)C(=O)Nc1ccc(COC(=O)N(C)C2(CO)CC2)cc1. The van der Waals surface area contributed by atoms with E-state index in [2.05, 4.69) is 16.0 Å². The Kier molecular flexibility index (Phi) is 8.86. The van der Waals surface area contributed by atoms with Crippen LogP contribution < -0.4 is 16.0 Å². The van der Waals surface area contributed by atoms with Gasteiger partial charge < -0.3 is 35.4 Å². The summed E-state index contributed by atoms with van der Waals surface area (Å²) >= 11 is 0. The third-order valence-electron chi connectivity index (χ3n) is 5.25. The van der Waals surface area contributed by atoms with E-state index in [1.807, 2.05) is 0 Å². The van der Waals surface area contributed by atoms with E-state index in [-0.39, 0.29) is 19.8 Å². The Hall–Kier alpha value is -3.34. The second-order valence-corrected chi connectivity index (χ2v) is 9.33. The Balaban J connectivity index is 1.74. The van der Waals surface area contributed by atoms with Crippen LogP contribution in [0.15, 0.2) is 24.3 Å². The Morgan fingerprint density at radius 3 is 2.29 bits per heavy atom. The zero-order valence-corrected chi connectivity index (χ0v) is 20.3. The predicted octanol–water partition coefficient (Wildman–Crippen LogP) is 1.75. The molecule has 0 saturated heterocycles. The number of alkyl carbamates (subject to hydrolysis) is 1. The highest BCUT2D eigenvalue weighted by Crippen LogP contribution is 2.40. The summed E-state index contributed by atoms with van der Waals surface area (Å²) < 4.78 is 10.3. The van der Waals surface area contributed by atoms with E-state index >= 15 is 0 Å². The van der Waals surface area contributed by atoms with E-state index in [4.69, 9.17) is 9.47 Å². The average Bonchev–Trinajstić information content (AvgIpc) is 3.56. The van der Waals surface area contributed by atoms with Crippen molar-refractivity contribution in [3.05, 3.63) is 29.8 Å². The van der Waals surface area contributed by atoms with Crippen LogP contribution in [0.25, 0.3) is 0 Å². The molecule has 0 aliphatic heterocycles. The van der Waals surface area contributed by atoms with Crippen LogP contribution in [-0.4, -0.2) is 71.4 Å². The molecule has 0 heterocycles. The van der Waals surface area contributed by atoms with Gasteiger partial charge in [0.15, 0.2) is 0 Å². The lowest BCUT2D eigenvalue weighted by Crippen LogP contribution is -2.46. The molecule has 4 amide bonds. The number of ether oxygens (including phenoxy) is 2. The Morgan fingerprint density at radius 2 is 1.76 bits per heavy atom. The minimum atomic E-state index is -0.842. The van der Waals surface area contributed by atoms with Gasteiger partial charge in [0, 0.05) is 12.7 Å². The Bertz CT molecular complexity index is 892. The molecule has 11 nitrogen and oxygen atoms in total. The van der Waals surface area contributed by atoms with Crippen LogP contribution >= 0.6 is 0 Å². The fraction of sp³-hybridized carbons (Fsp3) is 0.565. The summed E-state index contributed by atoms with van der Waals surface area (Å²) in [5.41, 5.74) is 0.0505. The molecular weight excluding hydrogens is 444 g/mol. The van der Waals surface area contributed by atoms with Crippen LogP contribution in [0.4, 0.5) is 15.3 Å². The molecule has 1 unspecified atom stereocenters.